The Hall–Kier alpha value is -0.610. The molecule has 3 unspecified atom stereocenters. The Morgan fingerprint density at radius 3 is 2.38 bits per heavy atom. The first-order chi connectivity index (χ1) is 6.02. The molecule has 0 aliphatic rings. The van der Waals surface area contributed by atoms with Gasteiger partial charge in [-0.15, -0.1) is 0 Å². The predicted octanol–water partition coefficient (Wildman–Crippen LogP) is 0.154. The first-order valence-corrected chi connectivity index (χ1v) is 4.47. The van der Waals surface area contributed by atoms with Gasteiger partial charge in [0.1, 0.15) is 0 Å². The highest BCUT2D eigenvalue weighted by atomic mass is 16.5. The van der Waals surface area contributed by atoms with Crippen LogP contribution in [-0.4, -0.2) is 36.9 Å². The first kappa shape index (κ1) is 12.4. The Morgan fingerprint density at radius 2 is 2.00 bits per heavy atom. The minimum Gasteiger partial charge on any atom is -0.469 e. The molecule has 0 aromatic carbocycles. The number of hydrogen-bond acceptors (Lipinski definition) is 4. The minimum absolute atomic E-state index is 0.00195. The number of methoxy groups -OCH3 is 1. The van der Waals surface area contributed by atoms with Crippen LogP contribution < -0.4 is 5.32 Å². The third kappa shape index (κ3) is 4.24. The quantitative estimate of drug-likeness (QED) is 0.605. The van der Waals surface area contributed by atoms with Crippen molar-refractivity contribution >= 4 is 5.97 Å². The molecule has 0 aliphatic carbocycles. The van der Waals surface area contributed by atoms with E-state index >= 15 is 0 Å². The molecule has 3 atom stereocenters. The minimum atomic E-state index is -0.231. The summed E-state index contributed by atoms with van der Waals surface area (Å²) in [7, 11) is 1.38. The summed E-state index contributed by atoms with van der Waals surface area (Å²) in [6, 6.07) is 0.0108. The monoisotopic (exact) mass is 189 g/mol. The maximum atomic E-state index is 11.1. The molecule has 0 radical (unpaired) electrons. The van der Waals surface area contributed by atoms with E-state index in [4.69, 9.17) is 5.11 Å². The summed E-state index contributed by atoms with van der Waals surface area (Å²) in [5.74, 6) is -0.427. The van der Waals surface area contributed by atoms with Crippen molar-refractivity contribution in [3.8, 4) is 0 Å². The molecule has 4 heteroatoms. The molecule has 0 amide bonds. The predicted molar refractivity (Wildman–Crippen MR) is 50.3 cm³/mol. The molecule has 0 rings (SSSR count). The third-order valence-corrected chi connectivity index (χ3v) is 2.14. The second kappa shape index (κ2) is 5.94. The Kier molecular flexibility index (Phi) is 5.66. The van der Waals surface area contributed by atoms with Crippen LogP contribution in [0.2, 0.25) is 0 Å². The van der Waals surface area contributed by atoms with Crippen LogP contribution in [-0.2, 0) is 9.53 Å². The second-order valence-corrected chi connectivity index (χ2v) is 3.35. The van der Waals surface area contributed by atoms with E-state index < -0.39 is 0 Å². The lowest BCUT2D eigenvalue weighted by Crippen LogP contribution is -2.43. The highest BCUT2D eigenvalue weighted by Crippen LogP contribution is 2.05. The van der Waals surface area contributed by atoms with Gasteiger partial charge in [0.05, 0.1) is 19.6 Å². The van der Waals surface area contributed by atoms with Gasteiger partial charge in [0, 0.05) is 12.1 Å². The molecule has 0 saturated carbocycles. The normalized spacial score (nSPS) is 17.6. The number of carbonyl (C=O) groups is 1. The smallest absolute Gasteiger partial charge is 0.309 e. The van der Waals surface area contributed by atoms with Crippen molar-refractivity contribution < 1.29 is 14.6 Å². The highest BCUT2D eigenvalue weighted by molar-refractivity contribution is 5.72. The van der Waals surface area contributed by atoms with E-state index in [-0.39, 0.29) is 30.6 Å². The molecular weight excluding hydrogens is 170 g/mol. The molecule has 0 saturated heterocycles. The number of aliphatic hydroxyl groups is 1. The van der Waals surface area contributed by atoms with Gasteiger partial charge in [-0.3, -0.25) is 4.79 Å². The number of hydrogen-bond donors (Lipinski definition) is 2. The van der Waals surface area contributed by atoms with Crippen LogP contribution >= 0.6 is 0 Å². The van der Waals surface area contributed by atoms with Gasteiger partial charge in [-0.2, -0.15) is 0 Å². The lowest BCUT2D eigenvalue weighted by Gasteiger charge is -2.22. The molecule has 0 bridgehead atoms. The molecule has 0 aromatic rings. The summed E-state index contributed by atoms with van der Waals surface area (Å²) < 4.78 is 4.61. The number of esters is 1. The van der Waals surface area contributed by atoms with Crippen LogP contribution in [0, 0.1) is 5.92 Å². The van der Waals surface area contributed by atoms with E-state index in [1.807, 2.05) is 13.8 Å². The Bertz CT molecular complexity index is 161. The summed E-state index contributed by atoms with van der Waals surface area (Å²) in [4.78, 5) is 11.1. The Morgan fingerprint density at radius 1 is 1.46 bits per heavy atom. The van der Waals surface area contributed by atoms with Gasteiger partial charge in [0.2, 0.25) is 0 Å². The Balaban J connectivity index is 3.95. The molecule has 0 spiro atoms. The summed E-state index contributed by atoms with van der Waals surface area (Å²) in [6.07, 6.45) is 0. The molecule has 2 N–H and O–H groups in total. The summed E-state index contributed by atoms with van der Waals surface area (Å²) >= 11 is 0. The Labute approximate surface area is 79.3 Å². The van der Waals surface area contributed by atoms with Crippen LogP contribution in [0.5, 0.6) is 0 Å². The molecule has 0 fully saturated rings. The van der Waals surface area contributed by atoms with Gasteiger partial charge in [-0.1, -0.05) is 6.92 Å². The number of rotatable bonds is 5. The fourth-order valence-electron chi connectivity index (χ4n) is 1.04. The fraction of sp³-hybridized carbons (Fsp3) is 0.889. The largest absolute Gasteiger partial charge is 0.469 e. The van der Waals surface area contributed by atoms with E-state index in [2.05, 4.69) is 10.1 Å². The second-order valence-electron chi connectivity index (χ2n) is 3.35. The summed E-state index contributed by atoms with van der Waals surface area (Å²) in [6.45, 7) is 5.63. The van der Waals surface area contributed by atoms with E-state index in [1.165, 1.54) is 7.11 Å². The summed E-state index contributed by atoms with van der Waals surface area (Å²) in [5, 5.41) is 11.9. The average Bonchev–Trinajstić information content (AvgIpc) is 2.14. The van der Waals surface area contributed by atoms with E-state index in [9.17, 15) is 4.79 Å². The zero-order valence-electron chi connectivity index (χ0n) is 8.70. The number of carbonyl (C=O) groups excluding carboxylic acids is 1. The van der Waals surface area contributed by atoms with Crippen molar-refractivity contribution in [1.29, 1.82) is 0 Å². The molecular formula is C9H19NO3. The van der Waals surface area contributed by atoms with Gasteiger partial charge < -0.3 is 15.2 Å². The topological polar surface area (TPSA) is 58.6 Å². The van der Waals surface area contributed by atoms with Crippen molar-refractivity contribution in [2.45, 2.75) is 32.9 Å². The van der Waals surface area contributed by atoms with Crippen LogP contribution in [0.15, 0.2) is 0 Å². The van der Waals surface area contributed by atoms with Gasteiger partial charge in [0.15, 0.2) is 0 Å². The molecule has 78 valence electrons. The van der Waals surface area contributed by atoms with Gasteiger partial charge in [0.25, 0.3) is 0 Å². The fourth-order valence-corrected chi connectivity index (χ4v) is 1.04. The zero-order chi connectivity index (χ0) is 10.4. The van der Waals surface area contributed by atoms with Crippen molar-refractivity contribution in [1.82, 2.24) is 5.32 Å². The number of ether oxygens (including phenoxy) is 1. The first-order valence-electron chi connectivity index (χ1n) is 4.47. The van der Waals surface area contributed by atoms with Crippen LogP contribution in [0.4, 0.5) is 0 Å². The van der Waals surface area contributed by atoms with Crippen molar-refractivity contribution in [3.05, 3.63) is 0 Å². The van der Waals surface area contributed by atoms with Crippen molar-refractivity contribution in [2.24, 2.45) is 5.92 Å². The van der Waals surface area contributed by atoms with Crippen molar-refractivity contribution in [2.75, 3.05) is 13.7 Å². The maximum Gasteiger partial charge on any atom is 0.309 e. The van der Waals surface area contributed by atoms with Gasteiger partial charge >= 0.3 is 5.97 Å². The number of aliphatic hydroxyl groups excluding tert-OH is 1. The zero-order valence-corrected chi connectivity index (χ0v) is 8.70. The standard InChI is InChI=1S/C9H19NO3/c1-6(5-11)10-8(3)7(2)9(12)13-4/h6-8,10-11H,5H2,1-4H3. The average molecular weight is 189 g/mol. The maximum absolute atomic E-state index is 11.1. The molecule has 0 heterocycles. The lowest BCUT2D eigenvalue weighted by atomic mass is 10.0. The molecule has 4 nitrogen and oxygen atoms in total. The van der Waals surface area contributed by atoms with Gasteiger partial charge in [-0.25, -0.2) is 0 Å². The lowest BCUT2D eigenvalue weighted by molar-refractivity contribution is -0.145. The number of nitrogens with one attached hydrogen (secondary N) is 1. The van der Waals surface area contributed by atoms with Crippen molar-refractivity contribution in [3.63, 3.8) is 0 Å². The van der Waals surface area contributed by atoms with Crippen LogP contribution in [0.25, 0.3) is 0 Å². The molecule has 0 aliphatic heterocycles. The van der Waals surface area contributed by atoms with Crippen LogP contribution in [0.3, 0.4) is 0 Å². The molecule has 13 heavy (non-hydrogen) atoms. The third-order valence-electron chi connectivity index (χ3n) is 2.14. The molecule has 0 aromatic heterocycles. The highest BCUT2D eigenvalue weighted by Gasteiger charge is 2.21. The van der Waals surface area contributed by atoms with Crippen LogP contribution in [0.1, 0.15) is 20.8 Å². The summed E-state index contributed by atoms with van der Waals surface area (Å²) in [5.41, 5.74) is 0. The van der Waals surface area contributed by atoms with E-state index in [1.54, 1.807) is 6.92 Å². The van der Waals surface area contributed by atoms with E-state index in [0.717, 1.165) is 0 Å². The SMILES string of the molecule is COC(=O)C(C)C(C)NC(C)CO. The van der Waals surface area contributed by atoms with Gasteiger partial charge in [-0.05, 0) is 13.8 Å². The van der Waals surface area contributed by atoms with E-state index in [0.29, 0.717) is 0 Å².